The molecule has 0 bridgehead atoms. The normalized spacial score (nSPS) is 19.5. The van der Waals surface area contributed by atoms with Crippen LogP contribution >= 0.6 is 0 Å². The van der Waals surface area contributed by atoms with Crippen LogP contribution in [0.5, 0.6) is 5.75 Å². The number of rotatable bonds is 8. The Labute approximate surface area is 233 Å². The number of halogens is 2. The van der Waals surface area contributed by atoms with Crippen molar-refractivity contribution >= 4 is 17.7 Å². The predicted octanol–water partition coefficient (Wildman–Crippen LogP) is 3.44. The van der Waals surface area contributed by atoms with Crippen LogP contribution in [-0.4, -0.2) is 70.0 Å². The van der Waals surface area contributed by atoms with Crippen LogP contribution in [0.1, 0.15) is 56.1 Å². The van der Waals surface area contributed by atoms with Gasteiger partial charge in [0.1, 0.15) is 11.8 Å². The highest BCUT2D eigenvalue weighted by Crippen LogP contribution is 2.48. The zero-order valence-corrected chi connectivity index (χ0v) is 23.8. The number of amides is 3. The third-order valence-corrected chi connectivity index (χ3v) is 7.43. The number of nitrogens with one attached hydrogen (secondary N) is 2. The fourth-order valence-electron chi connectivity index (χ4n) is 4.79. The second kappa shape index (κ2) is 11.5. The quantitative estimate of drug-likeness (QED) is 0.395. The topological polar surface area (TPSA) is 119 Å². The number of phenolic OH excluding ortho intramolecular Hbond substituents is 1. The average molecular weight is 560 g/mol. The molecule has 2 aromatic carbocycles. The number of phenols is 1. The Morgan fingerprint density at radius 2 is 1.70 bits per heavy atom. The molecular formula is C30H39F2N3O5. The lowest BCUT2D eigenvalue weighted by Gasteiger charge is -2.35. The zero-order valence-electron chi connectivity index (χ0n) is 23.8. The van der Waals surface area contributed by atoms with Crippen LogP contribution in [0.3, 0.4) is 0 Å². The van der Waals surface area contributed by atoms with Gasteiger partial charge in [-0.05, 0) is 36.5 Å². The lowest BCUT2D eigenvalue weighted by Crippen LogP contribution is -2.58. The summed E-state index contributed by atoms with van der Waals surface area (Å²) in [5.74, 6) is -6.00. The molecule has 4 N–H and O–H groups in total. The van der Waals surface area contributed by atoms with Gasteiger partial charge in [-0.3, -0.25) is 14.4 Å². The van der Waals surface area contributed by atoms with Gasteiger partial charge in [0.25, 0.3) is 17.7 Å². The van der Waals surface area contributed by atoms with Crippen LogP contribution < -0.4 is 10.6 Å². The Morgan fingerprint density at radius 3 is 2.30 bits per heavy atom. The average Bonchev–Trinajstić information content (AvgIpc) is 3.06. The minimum Gasteiger partial charge on any atom is -0.508 e. The summed E-state index contributed by atoms with van der Waals surface area (Å²) in [5.41, 5.74) is -1.13. The summed E-state index contributed by atoms with van der Waals surface area (Å²) in [7, 11) is 0. The fourth-order valence-corrected chi connectivity index (χ4v) is 4.79. The first-order valence-corrected chi connectivity index (χ1v) is 13.2. The van der Waals surface area contributed by atoms with Crippen LogP contribution in [-0.2, 0) is 16.0 Å². The molecule has 1 saturated heterocycles. The first kappa shape index (κ1) is 31.0. The maximum Gasteiger partial charge on any atom is 0.272 e. The molecule has 1 fully saturated rings. The summed E-state index contributed by atoms with van der Waals surface area (Å²) < 4.78 is 30.4. The van der Waals surface area contributed by atoms with E-state index in [-0.39, 0.29) is 29.7 Å². The van der Waals surface area contributed by atoms with Crippen molar-refractivity contribution in [2.24, 2.45) is 10.8 Å². The minimum absolute atomic E-state index is 0.00582. The number of hydrogen-bond acceptors (Lipinski definition) is 5. The second-order valence-corrected chi connectivity index (χ2v) is 12.2. The summed E-state index contributed by atoms with van der Waals surface area (Å²) >= 11 is 0. The Kier molecular flexibility index (Phi) is 8.93. The lowest BCUT2D eigenvalue weighted by molar-refractivity contribution is -0.148. The maximum atomic E-state index is 15.2. The van der Waals surface area contributed by atoms with E-state index in [4.69, 9.17) is 0 Å². The Hall–Kier alpha value is -3.53. The van der Waals surface area contributed by atoms with Crippen LogP contribution in [0, 0.1) is 17.8 Å². The number of aliphatic hydroxyl groups excluding tert-OH is 1. The molecule has 8 nitrogen and oxygen atoms in total. The zero-order chi connectivity index (χ0) is 30.0. The molecule has 0 radical (unpaired) electrons. The summed E-state index contributed by atoms with van der Waals surface area (Å²) in [4.78, 5) is 40.8. The number of carbonyl (C=O) groups is 3. The van der Waals surface area contributed by atoms with Crippen LogP contribution in [0.25, 0.3) is 0 Å². The SMILES string of the molecule is Cc1c(O)cccc1C(=O)NC(Cc1ccccc1)[C@H](O)C(=O)N1CC(F)(F)C(C)(C)[C@H]1C(=O)NCC(C)(C)C. The van der Waals surface area contributed by atoms with E-state index < -0.39 is 53.8 Å². The van der Waals surface area contributed by atoms with Crippen molar-refractivity contribution in [2.75, 3.05) is 13.1 Å². The van der Waals surface area contributed by atoms with Crippen molar-refractivity contribution in [2.45, 2.75) is 72.1 Å². The molecular weight excluding hydrogens is 520 g/mol. The molecule has 0 spiro atoms. The van der Waals surface area contributed by atoms with Crippen LogP contribution in [0.2, 0.25) is 0 Å². The van der Waals surface area contributed by atoms with E-state index in [1.807, 2.05) is 20.8 Å². The molecule has 1 aliphatic heterocycles. The summed E-state index contributed by atoms with van der Waals surface area (Å²) in [6.45, 7) is 8.76. The minimum atomic E-state index is -3.41. The van der Waals surface area contributed by atoms with E-state index in [1.165, 1.54) is 32.0 Å². The van der Waals surface area contributed by atoms with Gasteiger partial charge in [-0.1, -0.05) is 71.0 Å². The van der Waals surface area contributed by atoms with Crippen molar-refractivity contribution in [3.05, 3.63) is 65.2 Å². The molecule has 3 rings (SSSR count). The molecule has 0 aromatic heterocycles. The first-order valence-electron chi connectivity index (χ1n) is 13.2. The molecule has 3 atom stereocenters. The standard InChI is InChI=1S/C30H39F2N3O5/c1-18-20(13-10-14-22(18)36)25(38)34-21(15-19-11-8-7-9-12-19)23(37)27(40)35-17-30(31,32)29(5,6)24(35)26(39)33-16-28(2,3)4/h7-14,21,23-24,36-37H,15-17H2,1-6H3,(H,33,39)(H,34,38)/t21?,23-,24+/m0/s1. The second-order valence-electron chi connectivity index (χ2n) is 12.2. The van der Waals surface area contributed by atoms with Gasteiger partial charge < -0.3 is 25.7 Å². The van der Waals surface area contributed by atoms with Gasteiger partial charge >= 0.3 is 0 Å². The number of alkyl halides is 2. The largest absolute Gasteiger partial charge is 0.508 e. The molecule has 0 saturated carbocycles. The van der Waals surface area contributed by atoms with Crippen molar-refractivity contribution in [3.8, 4) is 5.75 Å². The number of aliphatic hydroxyl groups is 1. The summed E-state index contributed by atoms with van der Waals surface area (Å²) in [5, 5.41) is 26.6. The Bertz CT molecular complexity index is 1240. The third-order valence-electron chi connectivity index (χ3n) is 7.43. The summed E-state index contributed by atoms with van der Waals surface area (Å²) in [6, 6.07) is 10.4. The van der Waals surface area contributed by atoms with Gasteiger partial charge in [-0.15, -0.1) is 0 Å². The highest BCUT2D eigenvalue weighted by Gasteiger charge is 2.64. The number of aromatic hydroxyl groups is 1. The number of carbonyl (C=O) groups excluding carboxylic acids is 3. The van der Waals surface area contributed by atoms with Gasteiger partial charge in [0.15, 0.2) is 6.10 Å². The third kappa shape index (κ3) is 6.60. The number of benzene rings is 2. The van der Waals surface area contributed by atoms with Crippen LogP contribution in [0.4, 0.5) is 8.78 Å². The fraction of sp³-hybridized carbons (Fsp3) is 0.500. The van der Waals surface area contributed by atoms with Gasteiger partial charge in [0.2, 0.25) is 5.91 Å². The van der Waals surface area contributed by atoms with E-state index in [2.05, 4.69) is 10.6 Å². The molecule has 0 aliphatic carbocycles. The Morgan fingerprint density at radius 1 is 1.07 bits per heavy atom. The smallest absolute Gasteiger partial charge is 0.272 e. The van der Waals surface area contributed by atoms with Gasteiger partial charge in [-0.25, -0.2) is 8.78 Å². The molecule has 1 heterocycles. The van der Waals surface area contributed by atoms with E-state index >= 15 is 8.78 Å². The van der Waals surface area contributed by atoms with Gasteiger partial charge in [-0.2, -0.15) is 0 Å². The van der Waals surface area contributed by atoms with Crippen molar-refractivity contribution in [1.82, 2.24) is 15.5 Å². The monoisotopic (exact) mass is 559 g/mol. The predicted molar refractivity (Wildman–Crippen MR) is 147 cm³/mol. The molecule has 10 heteroatoms. The van der Waals surface area contributed by atoms with Gasteiger partial charge in [0.05, 0.1) is 18.0 Å². The van der Waals surface area contributed by atoms with E-state index in [0.29, 0.717) is 11.1 Å². The van der Waals surface area contributed by atoms with E-state index in [0.717, 1.165) is 4.90 Å². The highest BCUT2D eigenvalue weighted by molar-refractivity contribution is 5.97. The summed E-state index contributed by atoms with van der Waals surface area (Å²) in [6.07, 6.45) is -1.93. The lowest BCUT2D eigenvalue weighted by atomic mass is 9.81. The van der Waals surface area contributed by atoms with Crippen molar-refractivity contribution in [3.63, 3.8) is 0 Å². The molecule has 3 amide bonds. The van der Waals surface area contributed by atoms with Crippen molar-refractivity contribution in [1.29, 1.82) is 0 Å². The van der Waals surface area contributed by atoms with E-state index in [1.54, 1.807) is 37.3 Å². The molecule has 1 unspecified atom stereocenters. The highest BCUT2D eigenvalue weighted by atomic mass is 19.3. The molecule has 1 aliphatic rings. The maximum absolute atomic E-state index is 15.2. The molecule has 218 valence electrons. The molecule has 40 heavy (non-hydrogen) atoms. The van der Waals surface area contributed by atoms with Crippen LogP contribution in [0.15, 0.2) is 48.5 Å². The van der Waals surface area contributed by atoms with Gasteiger partial charge in [0, 0.05) is 17.7 Å². The number of nitrogens with zero attached hydrogens (tertiary/aromatic N) is 1. The first-order chi connectivity index (χ1) is 18.5. The molecule has 2 aromatic rings. The Balaban J connectivity index is 1.94. The number of likely N-dealkylation sites (tertiary alicyclic amines) is 1. The number of hydrogen-bond donors (Lipinski definition) is 4. The van der Waals surface area contributed by atoms with E-state index in [9.17, 15) is 24.6 Å². The van der Waals surface area contributed by atoms with Crippen molar-refractivity contribution < 1.29 is 33.4 Å².